The third-order valence-corrected chi connectivity index (χ3v) is 6.61. The summed E-state index contributed by atoms with van der Waals surface area (Å²) < 4.78 is 32.6. The first-order valence-corrected chi connectivity index (χ1v) is 12.7. The van der Waals surface area contributed by atoms with Gasteiger partial charge in [0.05, 0.1) is 25.1 Å². The van der Waals surface area contributed by atoms with Crippen LogP contribution in [-0.2, 0) is 25.4 Å². The number of nitrogens with zero attached hydrogens (tertiary/aromatic N) is 4. The zero-order chi connectivity index (χ0) is 24.9. The number of benzene rings is 1. The zero-order valence-electron chi connectivity index (χ0n) is 20.0. The van der Waals surface area contributed by atoms with Crippen molar-refractivity contribution in [1.29, 1.82) is 0 Å². The lowest BCUT2D eigenvalue weighted by Crippen LogP contribution is -2.48. The average molecular weight is 491 g/mol. The molecule has 0 aliphatic carbocycles. The number of para-hydroxylation sites is 1. The number of hydrogen-bond acceptors (Lipinski definition) is 9. The molecule has 0 fully saturated rings. The molecule has 2 aromatic heterocycles. The number of imidazole rings is 1. The predicted octanol–water partition coefficient (Wildman–Crippen LogP) is 3.36. The molecular formula is C22H31N6O5P. The topological polar surface area (TPSA) is 143 Å². The van der Waals surface area contributed by atoms with E-state index in [2.05, 4.69) is 20.0 Å². The van der Waals surface area contributed by atoms with Crippen LogP contribution < -0.4 is 15.3 Å². The highest BCUT2D eigenvalue weighted by atomic mass is 31.2. The second-order valence-electron chi connectivity index (χ2n) is 8.70. The maximum Gasteiger partial charge on any atom is 0.342 e. The summed E-state index contributed by atoms with van der Waals surface area (Å²) in [5, 5.41) is 2.85. The number of carbonyl (C=O) groups excluding carboxylic acids is 1. The molecule has 2 atom stereocenters. The van der Waals surface area contributed by atoms with E-state index in [0.29, 0.717) is 23.5 Å². The van der Waals surface area contributed by atoms with Gasteiger partial charge in [0.2, 0.25) is 0 Å². The number of hydrogen-bond donors (Lipinski definition) is 2. The van der Waals surface area contributed by atoms with Gasteiger partial charge in [-0.05, 0) is 46.8 Å². The van der Waals surface area contributed by atoms with Gasteiger partial charge in [-0.15, -0.1) is 0 Å². The minimum absolute atomic E-state index is 0.287. The zero-order valence-corrected chi connectivity index (χ0v) is 20.9. The molecule has 34 heavy (non-hydrogen) atoms. The molecule has 0 unspecified atom stereocenters. The van der Waals surface area contributed by atoms with Gasteiger partial charge in [-0.1, -0.05) is 18.2 Å². The Labute approximate surface area is 198 Å². The Morgan fingerprint density at radius 3 is 2.56 bits per heavy atom. The lowest BCUT2D eigenvalue weighted by atomic mass is 10.1. The molecule has 0 aliphatic heterocycles. The van der Waals surface area contributed by atoms with Crippen molar-refractivity contribution in [1.82, 2.24) is 24.6 Å². The number of nitrogens with two attached hydrogens (primary N) is 1. The number of nitrogens with one attached hydrogen (secondary N) is 1. The summed E-state index contributed by atoms with van der Waals surface area (Å²) in [7, 11) is -3.70. The molecule has 3 aromatic rings. The van der Waals surface area contributed by atoms with E-state index in [4.69, 9.17) is 19.7 Å². The predicted molar refractivity (Wildman–Crippen MR) is 128 cm³/mol. The van der Waals surface area contributed by atoms with Gasteiger partial charge in [0.25, 0.3) is 0 Å². The Bertz CT molecular complexity index is 1170. The van der Waals surface area contributed by atoms with Crippen LogP contribution in [0, 0.1) is 0 Å². The highest BCUT2D eigenvalue weighted by molar-refractivity contribution is 7.57. The third-order valence-electron chi connectivity index (χ3n) is 4.71. The fraction of sp³-hybridized carbons (Fsp3) is 0.455. The molecule has 0 aliphatic rings. The van der Waals surface area contributed by atoms with Gasteiger partial charge in [-0.2, -0.15) is 0 Å². The van der Waals surface area contributed by atoms with Crippen molar-refractivity contribution in [2.75, 3.05) is 12.1 Å². The van der Waals surface area contributed by atoms with Crippen molar-refractivity contribution in [3.8, 4) is 5.75 Å². The summed E-state index contributed by atoms with van der Waals surface area (Å²) in [4.78, 5) is 25.0. The number of esters is 1. The molecule has 184 valence electrons. The second kappa shape index (κ2) is 10.5. The fourth-order valence-corrected chi connectivity index (χ4v) is 5.17. The first-order chi connectivity index (χ1) is 16.0. The summed E-state index contributed by atoms with van der Waals surface area (Å²) in [5.74, 6) is 0.128. The minimum Gasteiger partial charge on any atom is -0.462 e. The minimum atomic E-state index is -3.70. The van der Waals surface area contributed by atoms with Crippen LogP contribution in [0.1, 0.15) is 34.6 Å². The van der Waals surface area contributed by atoms with Crippen molar-refractivity contribution < 1.29 is 23.4 Å². The lowest BCUT2D eigenvalue weighted by molar-refractivity contribution is -0.153. The Balaban J connectivity index is 1.74. The van der Waals surface area contributed by atoms with Crippen LogP contribution in [0.25, 0.3) is 11.2 Å². The van der Waals surface area contributed by atoms with Crippen LogP contribution in [0.2, 0.25) is 0 Å². The van der Waals surface area contributed by atoms with Gasteiger partial charge in [-0.3, -0.25) is 9.36 Å². The van der Waals surface area contributed by atoms with Crippen LogP contribution in [0.4, 0.5) is 5.82 Å². The van der Waals surface area contributed by atoms with E-state index in [1.165, 1.54) is 6.33 Å². The number of carbonyl (C=O) groups is 1. The average Bonchev–Trinajstić information content (AvgIpc) is 3.16. The summed E-state index contributed by atoms with van der Waals surface area (Å²) in [5.41, 5.74) is 5.63. The lowest BCUT2D eigenvalue weighted by Gasteiger charge is -2.31. The summed E-state index contributed by atoms with van der Waals surface area (Å²) in [6.07, 6.45) is 1.96. The van der Waals surface area contributed by atoms with Crippen LogP contribution in [-0.4, -0.2) is 49.6 Å². The molecule has 3 rings (SSSR count). The maximum atomic E-state index is 13.8. The van der Waals surface area contributed by atoms with Gasteiger partial charge in [0.15, 0.2) is 11.5 Å². The molecule has 2 heterocycles. The smallest absolute Gasteiger partial charge is 0.342 e. The molecule has 1 aromatic carbocycles. The van der Waals surface area contributed by atoms with Gasteiger partial charge >= 0.3 is 13.5 Å². The van der Waals surface area contributed by atoms with Crippen LogP contribution in [0.15, 0.2) is 43.0 Å². The van der Waals surface area contributed by atoms with Crippen molar-refractivity contribution in [3.05, 3.63) is 43.0 Å². The summed E-state index contributed by atoms with van der Waals surface area (Å²) >= 11 is 0. The van der Waals surface area contributed by atoms with Crippen molar-refractivity contribution >= 4 is 30.5 Å². The van der Waals surface area contributed by atoms with Gasteiger partial charge in [0.1, 0.15) is 29.5 Å². The molecule has 12 heteroatoms. The number of anilines is 1. The maximum absolute atomic E-state index is 13.8. The van der Waals surface area contributed by atoms with Crippen LogP contribution >= 0.6 is 7.52 Å². The third kappa shape index (κ3) is 6.53. The summed E-state index contributed by atoms with van der Waals surface area (Å²) in [6, 6.07) is 8.70. The standard InChI is InChI=1S/C22H31N6O5P/c1-15(2)32-21(29)22(4,5)27-34(30,33-17-9-7-6-8-10-17)14-31-16(3)11-28-13-26-18-19(23)24-12-25-20(18)28/h6-10,12-13,15-16H,11,14H2,1-5H3,(H,27,30)(H2,23,24,25)/t16-,34-/m1/s1. The molecule has 3 N–H and O–H groups in total. The van der Waals surface area contributed by atoms with Crippen molar-refractivity contribution in [3.63, 3.8) is 0 Å². The Kier molecular flexibility index (Phi) is 7.91. The highest BCUT2D eigenvalue weighted by Gasteiger charge is 2.39. The Morgan fingerprint density at radius 1 is 1.18 bits per heavy atom. The first kappa shape index (κ1) is 25.6. The van der Waals surface area contributed by atoms with E-state index < -0.39 is 25.1 Å². The van der Waals surface area contributed by atoms with E-state index in [-0.39, 0.29) is 18.3 Å². The molecule has 0 spiro atoms. The van der Waals surface area contributed by atoms with Gasteiger partial charge in [-0.25, -0.2) is 20.0 Å². The highest BCUT2D eigenvalue weighted by Crippen LogP contribution is 2.45. The molecule has 11 nitrogen and oxygen atoms in total. The van der Waals surface area contributed by atoms with Gasteiger partial charge in [0, 0.05) is 0 Å². The summed E-state index contributed by atoms with van der Waals surface area (Å²) in [6.45, 7) is 8.86. The van der Waals surface area contributed by atoms with E-state index >= 15 is 0 Å². The quantitative estimate of drug-likeness (QED) is 0.303. The molecule has 0 saturated heterocycles. The van der Waals surface area contributed by atoms with Crippen molar-refractivity contribution in [2.45, 2.75) is 58.9 Å². The number of ether oxygens (including phenoxy) is 2. The number of fused-ring (bicyclic) bond motifs is 1. The van der Waals surface area contributed by atoms with E-state index in [9.17, 15) is 9.36 Å². The molecular weight excluding hydrogens is 459 g/mol. The van der Waals surface area contributed by atoms with Gasteiger partial charge < -0.3 is 24.3 Å². The molecule has 0 radical (unpaired) electrons. The van der Waals surface area contributed by atoms with E-state index in [0.717, 1.165) is 0 Å². The van der Waals surface area contributed by atoms with Crippen molar-refractivity contribution in [2.24, 2.45) is 0 Å². The first-order valence-electron chi connectivity index (χ1n) is 10.9. The number of nitrogen functional groups attached to an aromatic ring is 1. The number of aromatic nitrogens is 4. The molecule has 0 saturated carbocycles. The Hall–Kier alpha value is -3.01. The van der Waals surface area contributed by atoms with E-state index in [1.54, 1.807) is 62.9 Å². The van der Waals surface area contributed by atoms with E-state index in [1.807, 2.05) is 13.0 Å². The number of rotatable bonds is 11. The SMILES string of the molecule is CC(C)OC(=O)C(C)(C)N[P@@](=O)(CO[C@H](C)Cn1cnc2c(N)ncnc21)Oc1ccccc1. The Morgan fingerprint density at radius 2 is 1.88 bits per heavy atom. The second-order valence-corrected chi connectivity index (χ2v) is 10.7. The largest absolute Gasteiger partial charge is 0.462 e. The molecule has 0 bridgehead atoms. The molecule has 0 amide bonds. The monoisotopic (exact) mass is 490 g/mol. The normalized spacial score (nSPS) is 14.6. The fourth-order valence-electron chi connectivity index (χ4n) is 3.15. The van der Waals surface area contributed by atoms with Crippen LogP contribution in [0.3, 0.4) is 0 Å². The van der Waals surface area contributed by atoms with Crippen LogP contribution in [0.5, 0.6) is 5.75 Å².